The van der Waals surface area contributed by atoms with E-state index in [2.05, 4.69) is 10.6 Å². The number of amides is 3. The van der Waals surface area contributed by atoms with Gasteiger partial charge in [0, 0.05) is 30.7 Å². The minimum atomic E-state index is -0.486. The third-order valence-corrected chi connectivity index (χ3v) is 5.86. The van der Waals surface area contributed by atoms with Crippen molar-refractivity contribution in [3.63, 3.8) is 0 Å². The summed E-state index contributed by atoms with van der Waals surface area (Å²) in [5.74, 6) is -0.243. The van der Waals surface area contributed by atoms with E-state index in [9.17, 15) is 14.4 Å². The van der Waals surface area contributed by atoms with Crippen molar-refractivity contribution >= 4 is 23.6 Å². The van der Waals surface area contributed by atoms with Crippen molar-refractivity contribution in [3.05, 3.63) is 65.7 Å². The highest BCUT2D eigenvalue weighted by Crippen LogP contribution is 2.31. The smallest absolute Gasteiger partial charge is 0.321 e. The van der Waals surface area contributed by atoms with Crippen molar-refractivity contribution in [2.45, 2.75) is 39.7 Å². The molecule has 0 aliphatic carbocycles. The van der Waals surface area contributed by atoms with E-state index in [0.717, 1.165) is 11.1 Å². The Morgan fingerprint density at radius 3 is 2.25 bits per heavy atom. The number of anilines is 1. The highest BCUT2D eigenvalue weighted by Gasteiger charge is 2.37. The molecule has 2 aromatic carbocycles. The Hall–Kier alpha value is -3.35. The van der Waals surface area contributed by atoms with E-state index in [1.165, 1.54) is 0 Å². The first-order chi connectivity index (χ1) is 15.4. The standard InChI is InChI=1S/C25H31N3O4/c1-3-32-22(29)17-19-9-11-21(12-10-19)27-24(31)28-15-13-25(2,14-16-28)23(30)26-18-20-7-5-4-6-8-20/h4-12H,3,13-18H2,1-2H3,(H,26,30)(H,27,31). The number of carbonyl (C=O) groups is 3. The maximum Gasteiger partial charge on any atom is 0.321 e. The van der Waals surface area contributed by atoms with Crippen LogP contribution in [0.4, 0.5) is 10.5 Å². The summed E-state index contributed by atoms with van der Waals surface area (Å²) in [6, 6.07) is 16.8. The molecule has 0 spiro atoms. The molecule has 1 aliphatic rings. The molecule has 3 amide bonds. The second-order valence-corrected chi connectivity index (χ2v) is 8.32. The number of carbonyl (C=O) groups excluding carboxylic acids is 3. The Labute approximate surface area is 189 Å². The third kappa shape index (κ3) is 6.33. The summed E-state index contributed by atoms with van der Waals surface area (Å²) in [6.45, 7) is 5.63. The second kappa shape index (κ2) is 10.8. The first kappa shape index (κ1) is 23.3. The van der Waals surface area contributed by atoms with Crippen LogP contribution < -0.4 is 10.6 Å². The van der Waals surface area contributed by atoms with Crippen molar-refractivity contribution < 1.29 is 19.1 Å². The lowest BCUT2D eigenvalue weighted by molar-refractivity contribution is -0.142. The Morgan fingerprint density at radius 1 is 0.969 bits per heavy atom. The largest absolute Gasteiger partial charge is 0.466 e. The van der Waals surface area contributed by atoms with Crippen LogP contribution in [-0.2, 0) is 27.3 Å². The van der Waals surface area contributed by atoms with Gasteiger partial charge in [0.2, 0.25) is 5.91 Å². The first-order valence-corrected chi connectivity index (χ1v) is 11.0. The summed E-state index contributed by atoms with van der Waals surface area (Å²) in [6.07, 6.45) is 1.43. The summed E-state index contributed by atoms with van der Waals surface area (Å²) in [4.78, 5) is 38.7. The van der Waals surface area contributed by atoms with Gasteiger partial charge in [0.25, 0.3) is 0 Å². The second-order valence-electron chi connectivity index (χ2n) is 8.32. The highest BCUT2D eigenvalue weighted by atomic mass is 16.5. The molecule has 2 N–H and O–H groups in total. The number of ether oxygens (including phenoxy) is 1. The average molecular weight is 438 g/mol. The quantitative estimate of drug-likeness (QED) is 0.646. The minimum Gasteiger partial charge on any atom is -0.466 e. The number of likely N-dealkylation sites (tertiary alicyclic amines) is 1. The number of hydrogen-bond acceptors (Lipinski definition) is 4. The Kier molecular flexibility index (Phi) is 7.87. The van der Waals surface area contributed by atoms with Gasteiger partial charge in [0.15, 0.2) is 0 Å². The Morgan fingerprint density at radius 2 is 1.62 bits per heavy atom. The molecule has 7 nitrogen and oxygen atoms in total. The molecule has 0 aromatic heterocycles. The van der Waals surface area contributed by atoms with E-state index in [1.807, 2.05) is 37.3 Å². The molecule has 0 radical (unpaired) electrons. The van der Waals surface area contributed by atoms with Gasteiger partial charge in [-0.25, -0.2) is 4.79 Å². The van der Waals surface area contributed by atoms with Crippen LogP contribution in [0.3, 0.4) is 0 Å². The fraction of sp³-hybridized carbons (Fsp3) is 0.400. The molecular formula is C25H31N3O4. The van der Waals surface area contributed by atoms with Gasteiger partial charge in [-0.15, -0.1) is 0 Å². The summed E-state index contributed by atoms with van der Waals surface area (Å²) in [7, 11) is 0. The van der Waals surface area contributed by atoms with Crippen LogP contribution in [0.15, 0.2) is 54.6 Å². The van der Waals surface area contributed by atoms with E-state index in [-0.39, 0.29) is 24.3 Å². The number of rotatable bonds is 7. The number of nitrogens with one attached hydrogen (secondary N) is 2. The molecular weight excluding hydrogens is 406 g/mol. The molecule has 0 saturated carbocycles. The molecule has 1 aliphatic heterocycles. The summed E-state index contributed by atoms with van der Waals surface area (Å²) < 4.78 is 4.95. The topological polar surface area (TPSA) is 87.7 Å². The zero-order valence-electron chi connectivity index (χ0n) is 18.7. The van der Waals surface area contributed by atoms with Crippen molar-refractivity contribution in [2.24, 2.45) is 5.41 Å². The Balaban J connectivity index is 1.46. The summed E-state index contributed by atoms with van der Waals surface area (Å²) in [5, 5.41) is 5.92. The van der Waals surface area contributed by atoms with Crippen LogP contribution in [0.2, 0.25) is 0 Å². The fourth-order valence-corrected chi connectivity index (χ4v) is 3.71. The number of benzene rings is 2. The zero-order chi connectivity index (χ0) is 23.0. The van der Waals surface area contributed by atoms with E-state index in [1.54, 1.807) is 36.1 Å². The van der Waals surface area contributed by atoms with Gasteiger partial charge in [-0.1, -0.05) is 49.4 Å². The summed E-state index contributed by atoms with van der Waals surface area (Å²) >= 11 is 0. The van der Waals surface area contributed by atoms with Crippen LogP contribution in [0.1, 0.15) is 37.8 Å². The molecule has 1 heterocycles. The maximum atomic E-state index is 12.7. The van der Waals surface area contributed by atoms with E-state index in [0.29, 0.717) is 44.8 Å². The SMILES string of the molecule is CCOC(=O)Cc1ccc(NC(=O)N2CCC(C)(C(=O)NCc3ccccc3)CC2)cc1. The Bertz CT molecular complexity index is 920. The fourth-order valence-electron chi connectivity index (χ4n) is 3.71. The number of piperidine rings is 1. The van der Waals surface area contributed by atoms with Crippen molar-refractivity contribution in [1.82, 2.24) is 10.2 Å². The molecule has 0 atom stereocenters. The molecule has 32 heavy (non-hydrogen) atoms. The normalized spacial score (nSPS) is 15.0. The number of urea groups is 1. The predicted octanol–water partition coefficient (Wildman–Crippen LogP) is 3.74. The van der Waals surface area contributed by atoms with Gasteiger partial charge >= 0.3 is 12.0 Å². The predicted molar refractivity (Wildman–Crippen MR) is 123 cm³/mol. The molecule has 7 heteroatoms. The van der Waals surface area contributed by atoms with Crippen LogP contribution in [0.5, 0.6) is 0 Å². The van der Waals surface area contributed by atoms with Gasteiger partial charge < -0.3 is 20.3 Å². The highest BCUT2D eigenvalue weighted by molar-refractivity contribution is 5.90. The number of hydrogen-bond donors (Lipinski definition) is 2. The molecule has 3 rings (SSSR count). The molecule has 1 saturated heterocycles. The number of nitrogens with zero attached hydrogens (tertiary/aromatic N) is 1. The van der Waals surface area contributed by atoms with Gasteiger partial charge in [-0.3, -0.25) is 9.59 Å². The first-order valence-electron chi connectivity index (χ1n) is 11.0. The molecule has 170 valence electrons. The van der Waals surface area contributed by atoms with E-state index < -0.39 is 5.41 Å². The lowest BCUT2D eigenvalue weighted by Gasteiger charge is -2.38. The van der Waals surface area contributed by atoms with E-state index >= 15 is 0 Å². The van der Waals surface area contributed by atoms with Crippen LogP contribution in [0, 0.1) is 5.41 Å². The molecule has 0 unspecified atom stereocenters. The molecule has 2 aromatic rings. The van der Waals surface area contributed by atoms with Gasteiger partial charge in [0.05, 0.1) is 13.0 Å². The van der Waals surface area contributed by atoms with Crippen LogP contribution in [0.25, 0.3) is 0 Å². The molecule has 1 fully saturated rings. The third-order valence-electron chi connectivity index (χ3n) is 5.86. The maximum absolute atomic E-state index is 12.7. The average Bonchev–Trinajstić information content (AvgIpc) is 2.80. The van der Waals surface area contributed by atoms with Crippen molar-refractivity contribution in [3.8, 4) is 0 Å². The summed E-state index contributed by atoms with van der Waals surface area (Å²) in [5.41, 5.74) is 2.07. The van der Waals surface area contributed by atoms with Gasteiger partial charge in [-0.05, 0) is 43.0 Å². The lowest BCUT2D eigenvalue weighted by Crippen LogP contribution is -2.49. The van der Waals surface area contributed by atoms with Crippen molar-refractivity contribution in [1.29, 1.82) is 0 Å². The minimum absolute atomic E-state index is 0.0265. The number of esters is 1. The lowest BCUT2D eigenvalue weighted by atomic mass is 9.79. The van der Waals surface area contributed by atoms with Crippen LogP contribution >= 0.6 is 0 Å². The van der Waals surface area contributed by atoms with E-state index in [4.69, 9.17) is 4.74 Å². The molecule has 0 bridgehead atoms. The van der Waals surface area contributed by atoms with Gasteiger partial charge in [-0.2, -0.15) is 0 Å². The van der Waals surface area contributed by atoms with Gasteiger partial charge in [0.1, 0.15) is 0 Å². The van der Waals surface area contributed by atoms with Crippen LogP contribution in [-0.4, -0.2) is 42.5 Å². The monoisotopic (exact) mass is 437 g/mol. The van der Waals surface area contributed by atoms with Crippen molar-refractivity contribution in [2.75, 3.05) is 25.0 Å². The zero-order valence-corrected chi connectivity index (χ0v) is 18.7.